The second-order valence-electron chi connectivity index (χ2n) is 2.94. The molecule has 0 amide bonds. The lowest BCUT2D eigenvalue weighted by molar-refractivity contribution is 0.210. The number of ether oxygens (including phenoxy) is 1. The van der Waals surface area contributed by atoms with Gasteiger partial charge in [0.1, 0.15) is 5.82 Å². The van der Waals surface area contributed by atoms with Crippen LogP contribution in [-0.4, -0.2) is 20.3 Å². The molecule has 0 unspecified atom stereocenters. The summed E-state index contributed by atoms with van der Waals surface area (Å²) in [7, 11) is 1.61. The normalized spacial score (nSPS) is 10.2. The zero-order chi connectivity index (χ0) is 10.4. The number of nitrogens with one attached hydrogen (secondary N) is 1. The Morgan fingerprint density at radius 2 is 2.29 bits per heavy atom. The third kappa shape index (κ3) is 2.97. The third-order valence-corrected chi connectivity index (χ3v) is 1.89. The van der Waals surface area contributed by atoms with Gasteiger partial charge in [-0.3, -0.25) is 0 Å². The topological polar surface area (TPSA) is 47.3 Å². The maximum Gasteiger partial charge on any atom is 0.146 e. The Balaban J connectivity index is 2.64. The van der Waals surface area contributed by atoms with E-state index in [0.29, 0.717) is 25.4 Å². The summed E-state index contributed by atoms with van der Waals surface area (Å²) in [6.45, 7) is 1.55. The van der Waals surface area contributed by atoms with Crippen LogP contribution in [0.2, 0.25) is 0 Å². The molecule has 14 heavy (non-hydrogen) atoms. The number of benzene rings is 1. The van der Waals surface area contributed by atoms with Crippen molar-refractivity contribution in [1.82, 2.24) is 0 Å². The van der Waals surface area contributed by atoms with E-state index >= 15 is 0 Å². The van der Waals surface area contributed by atoms with Gasteiger partial charge in [-0.2, -0.15) is 0 Å². The summed E-state index contributed by atoms with van der Waals surface area (Å²) >= 11 is 0. The van der Waals surface area contributed by atoms with Gasteiger partial charge in [0.25, 0.3) is 0 Å². The van der Waals surface area contributed by atoms with Crippen LogP contribution in [0.5, 0.6) is 0 Å². The Labute approximate surface area is 83.1 Å². The highest BCUT2D eigenvalue weighted by atomic mass is 19.1. The minimum atomic E-state index is -0.265. The van der Waals surface area contributed by atoms with Crippen LogP contribution >= 0.6 is 0 Å². The summed E-state index contributed by atoms with van der Waals surface area (Å²) in [6.07, 6.45) is 0. The van der Waals surface area contributed by atoms with E-state index in [1.165, 1.54) is 6.07 Å². The molecule has 0 aliphatic rings. The second-order valence-corrected chi connectivity index (χ2v) is 2.94. The Bertz CT molecular complexity index is 291. The van der Waals surface area contributed by atoms with E-state index in [1.807, 2.05) is 0 Å². The molecule has 0 saturated heterocycles. The highest BCUT2D eigenvalue weighted by Crippen LogP contribution is 2.15. The van der Waals surface area contributed by atoms with E-state index in [0.717, 1.165) is 5.56 Å². The molecular weight excluding hydrogens is 183 g/mol. The molecule has 0 bridgehead atoms. The first-order valence-electron chi connectivity index (χ1n) is 4.49. The molecule has 0 radical (unpaired) electrons. The van der Waals surface area contributed by atoms with E-state index in [9.17, 15) is 4.39 Å². The van der Waals surface area contributed by atoms with Crippen molar-refractivity contribution in [3.8, 4) is 0 Å². The number of hydrogen-bond donors (Lipinski definition) is 2. The Hall–Kier alpha value is -1.13. The maximum atomic E-state index is 13.2. The van der Waals surface area contributed by atoms with E-state index < -0.39 is 0 Å². The first kappa shape index (κ1) is 10.9. The largest absolute Gasteiger partial charge is 0.383 e. The number of hydrogen-bond acceptors (Lipinski definition) is 3. The molecule has 0 saturated carbocycles. The van der Waals surface area contributed by atoms with Crippen LogP contribution in [0, 0.1) is 5.82 Å². The van der Waals surface area contributed by atoms with Gasteiger partial charge in [0.15, 0.2) is 0 Å². The highest BCUT2D eigenvalue weighted by Gasteiger charge is 2.01. The molecule has 0 atom stereocenters. The van der Waals surface area contributed by atoms with Gasteiger partial charge in [-0.05, 0) is 17.7 Å². The van der Waals surface area contributed by atoms with E-state index in [2.05, 4.69) is 5.32 Å². The lowest BCUT2D eigenvalue weighted by Gasteiger charge is -2.08. The molecule has 0 spiro atoms. The van der Waals surface area contributed by atoms with Crippen LogP contribution in [0.3, 0.4) is 0 Å². The highest BCUT2D eigenvalue weighted by molar-refractivity contribution is 5.47. The van der Waals surface area contributed by atoms with Crippen LogP contribution in [0.15, 0.2) is 18.2 Å². The summed E-state index contributed by atoms with van der Waals surface area (Å²) in [5.41, 5.74) is 6.83. The average Bonchev–Trinajstić information content (AvgIpc) is 2.21. The van der Waals surface area contributed by atoms with Gasteiger partial charge >= 0.3 is 0 Å². The number of methoxy groups -OCH3 is 1. The van der Waals surface area contributed by atoms with Crippen molar-refractivity contribution in [3.05, 3.63) is 29.6 Å². The molecule has 3 N–H and O–H groups in total. The van der Waals surface area contributed by atoms with Crippen molar-refractivity contribution >= 4 is 5.69 Å². The minimum Gasteiger partial charge on any atom is -0.383 e. The van der Waals surface area contributed by atoms with Crippen LogP contribution in [0.1, 0.15) is 5.56 Å². The fourth-order valence-corrected chi connectivity index (χ4v) is 1.12. The lowest BCUT2D eigenvalue weighted by atomic mass is 10.2. The zero-order valence-electron chi connectivity index (χ0n) is 8.22. The van der Waals surface area contributed by atoms with Gasteiger partial charge < -0.3 is 15.8 Å². The zero-order valence-corrected chi connectivity index (χ0v) is 8.22. The molecule has 0 aromatic heterocycles. The predicted molar refractivity (Wildman–Crippen MR) is 54.7 cm³/mol. The van der Waals surface area contributed by atoms with Crippen LogP contribution in [0.25, 0.3) is 0 Å². The van der Waals surface area contributed by atoms with Crippen molar-refractivity contribution in [2.24, 2.45) is 5.73 Å². The Morgan fingerprint density at radius 3 is 2.93 bits per heavy atom. The van der Waals surface area contributed by atoms with Crippen molar-refractivity contribution < 1.29 is 9.13 Å². The number of halogens is 1. The van der Waals surface area contributed by atoms with Crippen LogP contribution in [-0.2, 0) is 11.3 Å². The minimum absolute atomic E-state index is 0.265. The van der Waals surface area contributed by atoms with Gasteiger partial charge in [0.05, 0.1) is 12.3 Å². The van der Waals surface area contributed by atoms with E-state index in [1.54, 1.807) is 19.2 Å². The summed E-state index contributed by atoms with van der Waals surface area (Å²) < 4.78 is 18.0. The molecule has 0 fully saturated rings. The number of anilines is 1. The Kier molecular flexibility index (Phi) is 4.35. The Morgan fingerprint density at radius 1 is 1.50 bits per heavy atom. The van der Waals surface area contributed by atoms with Crippen molar-refractivity contribution in [3.63, 3.8) is 0 Å². The maximum absolute atomic E-state index is 13.2. The second kappa shape index (κ2) is 5.57. The summed E-state index contributed by atoms with van der Waals surface area (Å²) in [5.74, 6) is -0.265. The standard InChI is InChI=1S/C10H15FN2O/c1-14-5-4-13-10-6-8(7-12)2-3-9(10)11/h2-3,6,13H,4-5,7,12H2,1H3. The fraction of sp³-hybridized carbons (Fsp3) is 0.400. The smallest absolute Gasteiger partial charge is 0.146 e. The quantitative estimate of drug-likeness (QED) is 0.702. The first-order valence-corrected chi connectivity index (χ1v) is 4.49. The van der Waals surface area contributed by atoms with Gasteiger partial charge in [0.2, 0.25) is 0 Å². The fourth-order valence-electron chi connectivity index (χ4n) is 1.12. The van der Waals surface area contributed by atoms with Crippen LogP contribution in [0.4, 0.5) is 10.1 Å². The van der Waals surface area contributed by atoms with Gasteiger partial charge in [-0.25, -0.2) is 4.39 Å². The van der Waals surface area contributed by atoms with Gasteiger partial charge in [-0.1, -0.05) is 6.07 Å². The molecular formula is C10H15FN2O. The number of rotatable bonds is 5. The summed E-state index contributed by atoms with van der Waals surface area (Å²) in [6, 6.07) is 4.80. The monoisotopic (exact) mass is 198 g/mol. The van der Waals surface area contributed by atoms with Crippen molar-refractivity contribution in [2.45, 2.75) is 6.54 Å². The average molecular weight is 198 g/mol. The molecule has 4 heteroatoms. The number of nitrogens with two attached hydrogens (primary N) is 1. The predicted octanol–water partition coefficient (Wildman–Crippen LogP) is 1.34. The first-order chi connectivity index (χ1) is 6.77. The van der Waals surface area contributed by atoms with Crippen molar-refractivity contribution in [2.75, 3.05) is 25.6 Å². The van der Waals surface area contributed by atoms with Crippen LogP contribution < -0.4 is 11.1 Å². The molecule has 1 rings (SSSR count). The molecule has 1 aromatic rings. The molecule has 78 valence electrons. The SMILES string of the molecule is COCCNc1cc(CN)ccc1F. The van der Waals surface area contributed by atoms with Gasteiger partial charge in [0, 0.05) is 20.2 Å². The summed E-state index contributed by atoms with van der Waals surface area (Å²) in [5, 5.41) is 2.93. The summed E-state index contributed by atoms with van der Waals surface area (Å²) in [4.78, 5) is 0. The molecule has 0 heterocycles. The molecule has 0 aliphatic carbocycles. The van der Waals surface area contributed by atoms with E-state index in [-0.39, 0.29) is 5.82 Å². The lowest BCUT2D eigenvalue weighted by Crippen LogP contribution is -2.09. The third-order valence-electron chi connectivity index (χ3n) is 1.89. The van der Waals surface area contributed by atoms with Gasteiger partial charge in [-0.15, -0.1) is 0 Å². The molecule has 0 aliphatic heterocycles. The van der Waals surface area contributed by atoms with Crippen molar-refractivity contribution in [1.29, 1.82) is 0 Å². The molecule has 3 nitrogen and oxygen atoms in total. The van der Waals surface area contributed by atoms with E-state index in [4.69, 9.17) is 10.5 Å². The molecule has 1 aromatic carbocycles.